The van der Waals surface area contributed by atoms with Gasteiger partial charge >= 0.3 is 5.97 Å². The van der Waals surface area contributed by atoms with E-state index in [0.29, 0.717) is 13.0 Å². The Morgan fingerprint density at radius 2 is 1.95 bits per heavy atom. The maximum absolute atomic E-state index is 11.8. The number of likely N-dealkylation sites (N-methyl/N-ethyl adjacent to an activating group) is 1. The highest BCUT2D eigenvalue weighted by Crippen LogP contribution is 2.19. The second-order valence-electron chi connectivity index (χ2n) is 5.76. The first-order valence-corrected chi connectivity index (χ1v) is 7.36. The molecule has 1 amide bonds. The molecule has 0 spiro atoms. The Balaban J connectivity index is 1.67. The van der Waals surface area contributed by atoms with E-state index in [4.69, 9.17) is 4.74 Å². The van der Waals surface area contributed by atoms with Gasteiger partial charge in [-0.25, -0.2) is 0 Å². The van der Waals surface area contributed by atoms with Gasteiger partial charge in [-0.3, -0.25) is 9.59 Å². The summed E-state index contributed by atoms with van der Waals surface area (Å²) in [6, 6.07) is 0. The van der Waals surface area contributed by atoms with Crippen molar-refractivity contribution in [3.05, 3.63) is 0 Å². The molecule has 2 fully saturated rings. The minimum Gasteiger partial charge on any atom is -0.469 e. The van der Waals surface area contributed by atoms with Crippen LogP contribution < -0.4 is 0 Å². The molecule has 6 nitrogen and oxygen atoms in total. The fourth-order valence-electron chi connectivity index (χ4n) is 2.87. The molecule has 2 rings (SSSR count). The highest BCUT2D eigenvalue weighted by Gasteiger charge is 2.34. The molecule has 0 radical (unpaired) electrons. The van der Waals surface area contributed by atoms with E-state index in [-0.39, 0.29) is 17.8 Å². The second kappa shape index (κ2) is 7.04. The van der Waals surface area contributed by atoms with E-state index in [1.165, 1.54) is 7.11 Å². The zero-order valence-corrected chi connectivity index (χ0v) is 12.5. The maximum Gasteiger partial charge on any atom is 0.310 e. The normalized spacial score (nSPS) is 25.2. The molecule has 20 heavy (non-hydrogen) atoms. The molecule has 0 aromatic heterocycles. The fourth-order valence-corrected chi connectivity index (χ4v) is 2.87. The molecule has 0 N–H and O–H groups in total. The standard InChI is InChI=1S/C14H25N3O3/c1-15-6-8-16(9-7-15)4-3-5-17-11-12(10-13(17)18)14(19)20-2/h12H,3-11H2,1-2H3. The van der Waals surface area contributed by atoms with Crippen molar-refractivity contribution in [3.8, 4) is 0 Å². The van der Waals surface area contributed by atoms with Gasteiger partial charge in [-0.15, -0.1) is 0 Å². The summed E-state index contributed by atoms with van der Waals surface area (Å²) in [4.78, 5) is 29.9. The average Bonchev–Trinajstić information content (AvgIpc) is 2.82. The smallest absolute Gasteiger partial charge is 0.310 e. The second-order valence-corrected chi connectivity index (χ2v) is 5.76. The monoisotopic (exact) mass is 283 g/mol. The molecule has 0 aromatic carbocycles. The number of hydrogen-bond donors (Lipinski definition) is 0. The van der Waals surface area contributed by atoms with E-state index in [0.717, 1.165) is 45.7 Å². The number of likely N-dealkylation sites (tertiary alicyclic amines) is 1. The molecule has 2 saturated heterocycles. The zero-order valence-electron chi connectivity index (χ0n) is 12.5. The number of esters is 1. The third-order valence-electron chi connectivity index (χ3n) is 4.25. The van der Waals surface area contributed by atoms with Crippen LogP contribution in [0.2, 0.25) is 0 Å². The van der Waals surface area contributed by atoms with Gasteiger partial charge in [0.25, 0.3) is 0 Å². The highest BCUT2D eigenvalue weighted by atomic mass is 16.5. The summed E-state index contributed by atoms with van der Waals surface area (Å²) < 4.78 is 4.71. The molecule has 0 aromatic rings. The van der Waals surface area contributed by atoms with Gasteiger partial charge in [0.2, 0.25) is 5.91 Å². The van der Waals surface area contributed by atoms with Crippen LogP contribution >= 0.6 is 0 Å². The summed E-state index contributed by atoms with van der Waals surface area (Å²) in [5, 5.41) is 0. The predicted octanol–water partition coefficient (Wildman–Crippen LogP) is -0.355. The quantitative estimate of drug-likeness (QED) is 0.645. The van der Waals surface area contributed by atoms with Crippen molar-refractivity contribution in [2.45, 2.75) is 12.8 Å². The first kappa shape index (κ1) is 15.3. The SMILES string of the molecule is COC(=O)C1CC(=O)N(CCCN2CCN(C)CC2)C1. The number of piperazine rings is 1. The van der Waals surface area contributed by atoms with Gasteiger partial charge in [-0.1, -0.05) is 0 Å². The van der Waals surface area contributed by atoms with E-state index in [2.05, 4.69) is 16.8 Å². The number of rotatable bonds is 5. The highest BCUT2D eigenvalue weighted by molar-refractivity contribution is 5.86. The third-order valence-corrected chi connectivity index (χ3v) is 4.25. The Hall–Kier alpha value is -1.14. The topological polar surface area (TPSA) is 53.1 Å². The van der Waals surface area contributed by atoms with Crippen molar-refractivity contribution in [3.63, 3.8) is 0 Å². The van der Waals surface area contributed by atoms with Gasteiger partial charge in [0.1, 0.15) is 0 Å². The molecule has 114 valence electrons. The van der Waals surface area contributed by atoms with E-state index >= 15 is 0 Å². The van der Waals surface area contributed by atoms with Crippen molar-refractivity contribution in [2.75, 3.05) is 60.0 Å². The minimum absolute atomic E-state index is 0.0822. The fraction of sp³-hybridized carbons (Fsp3) is 0.857. The van der Waals surface area contributed by atoms with Crippen LogP contribution in [0.1, 0.15) is 12.8 Å². The van der Waals surface area contributed by atoms with E-state index in [1.807, 2.05) is 0 Å². The van der Waals surface area contributed by atoms with Gasteiger partial charge in [0.05, 0.1) is 13.0 Å². The van der Waals surface area contributed by atoms with Crippen LogP contribution in [0.15, 0.2) is 0 Å². The number of amides is 1. The molecule has 2 heterocycles. The van der Waals surface area contributed by atoms with Gasteiger partial charge in [0.15, 0.2) is 0 Å². The van der Waals surface area contributed by atoms with Gasteiger partial charge in [-0.2, -0.15) is 0 Å². The van der Waals surface area contributed by atoms with Crippen LogP contribution in [0, 0.1) is 5.92 Å². The molecule has 6 heteroatoms. The van der Waals surface area contributed by atoms with E-state index in [9.17, 15) is 9.59 Å². The van der Waals surface area contributed by atoms with Crippen molar-refractivity contribution < 1.29 is 14.3 Å². The van der Waals surface area contributed by atoms with Gasteiger partial charge in [0, 0.05) is 45.7 Å². The Kier molecular flexibility index (Phi) is 5.37. The zero-order chi connectivity index (χ0) is 14.5. The molecule has 0 saturated carbocycles. The first-order valence-electron chi connectivity index (χ1n) is 7.36. The molecule has 1 unspecified atom stereocenters. The Bertz CT molecular complexity index is 354. The number of carbonyl (C=O) groups excluding carboxylic acids is 2. The maximum atomic E-state index is 11.8. The Labute approximate surface area is 120 Å². The lowest BCUT2D eigenvalue weighted by molar-refractivity contribution is -0.145. The summed E-state index contributed by atoms with van der Waals surface area (Å²) in [5.41, 5.74) is 0. The van der Waals surface area contributed by atoms with Crippen LogP contribution in [0.25, 0.3) is 0 Å². The summed E-state index contributed by atoms with van der Waals surface area (Å²) in [5.74, 6) is -0.449. The molecule has 2 aliphatic heterocycles. The number of carbonyl (C=O) groups is 2. The van der Waals surface area contributed by atoms with Crippen molar-refractivity contribution >= 4 is 11.9 Å². The first-order chi connectivity index (χ1) is 9.60. The van der Waals surface area contributed by atoms with Crippen LogP contribution in [0.3, 0.4) is 0 Å². The minimum atomic E-state index is -0.267. The summed E-state index contributed by atoms with van der Waals surface area (Å²) in [7, 11) is 3.52. The largest absolute Gasteiger partial charge is 0.469 e. The number of nitrogens with zero attached hydrogens (tertiary/aromatic N) is 3. The van der Waals surface area contributed by atoms with Gasteiger partial charge in [-0.05, 0) is 20.0 Å². The molecular formula is C14H25N3O3. The molecule has 1 atom stereocenters. The molecular weight excluding hydrogens is 258 g/mol. The van der Waals surface area contributed by atoms with Crippen molar-refractivity contribution in [2.24, 2.45) is 5.92 Å². The Morgan fingerprint density at radius 1 is 1.25 bits per heavy atom. The van der Waals surface area contributed by atoms with Crippen LogP contribution in [-0.2, 0) is 14.3 Å². The van der Waals surface area contributed by atoms with Gasteiger partial charge < -0.3 is 19.4 Å². The number of hydrogen-bond acceptors (Lipinski definition) is 5. The van der Waals surface area contributed by atoms with Crippen molar-refractivity contribution in [1.82, 2.24) is 14.7 Å². The lowest BCUT2D eigenvalue weighted by Gasteiger charge is -2.32. The lowest BCUT2D eigenvalue weighted by atomic mass is 10.1. The number of ether oxygens (including phenoxy) is 1. The summed E-state index contributed by atoms with van der Waals surface area (Å²) >= 11 is 0. The molecule has 2 aliphatic rings. The number of methoxy groups -OCH3 is 1. The van der Waals surface area contributed by atoms with Crippen molar-refractivity contribution in [1.29, 1.82) is 0 Å². The predicted molar refractivity (Wildman–Crippen MR) is 75.3 cm³/mol. The van der Waals surface area contributed by atoms with E-state index < -0.39 is 0 Å². The molecule has 0 aliphatic carbocycles. The van der Waals surface area contributed by atoms with Crippen LogP contribution in [-0.4, -0.2) is 86.5 Å². The average molecular weight is 283 g/mol. The summed E-state index contributed by atoms with van der Waals surface area (Å²) in [6.07, 6.45) is 1.28. The van der Waals surface area contributed by atoms with E-state index in [1.54, 1.807) is 4.90 Å². The van der Waals surface area contributed by atoms with Crippen LogP contribution in [0.5, 0.6) is 0 Å². The Morgan fingerprint density at radius 3 is 2.60 bits per heavy atom. The summed E-state index contributed by atoms with van der Waals surface area (Å²) in [6.45, 7) is 6.75. The third kappa shape index (κ3) is 3.93. The molecule has 0 bridgehead atoms. The lowest BCUT2D eigenvalue weighted by Crippen LogP contribution is -2.45. The van der Waals surface area contributed by atoms with Crippen LogP contribution in [0.4, 0.5) is 0 Å².